The standard InChI is InChI=1S/C17H12Cl2N2O2S/c1-9(22)10-3-5-11(6-4-10)16(23)20-17-21(2)15-13(19)7-12(18)8-14(15)24-17/h3-8H,1-2H3. The molecule has 0 bridgehead atoms. The lowest BCUT2D eigenvalue weighted by Crippen LogP contribution is -2.13. The average Bonchev–Trinajstić information content (AvgIpc) is 2.83. The number of aryl methyl sites for hydroxylation is 1. The van der Waals surface area contributed by atoms with Crippen LogP contribution in [0.4, 0.5) is 0 Å². The van der Waals surface area contributed by atoms with Crippen molar-refractivity contribution in [3.8, 4) is 0 Å². The van der Waals surface area contributed by atoms with E-state index in [1.807, 2.05) is 0 Å². The molecule has 0 N–H and O–H groups in total. The molecule has 3 aromatic rings. The number of hydrogen-bond donors (Lipinski definition) is 0. The Kier molecular flexibility index (Phi) is 4.58. The van der Waals surface area contributed by atoms with Gasteiger partial charge in [0.25, 0.3) is 5.91 Å². The first-order chi connectivity index (χ1) is 11.4. The first kappa shape index (κ1) is 16.9. The number of carbonyl (C=O) groups is 2. The van der Waals surface area contributed by atoms with Gasteiger partial charge in [0, 0.05) is 23.2 Å². The van der Waals surface area contributed by atoms with Crippen LogP contribution in [0.5, 0.6) is 0 Å². The second kappa shape index (κ2) is 6.51. The zero-order chi connectivity index (χ0) is 17.4. The predicted octanol–water partition coefficient (Wildman–Crippen LogP) is 4.49. The summed E-state index contributed by atoms with van der Waals surface area (Å²) in [6.07, 6.45) is 0. The van der Waals surface area contributed by atoms with Crippen LogP contribution in [0.1, 0.15) is 27.6 Å². The monoisotopic (exact) mass is 378 g/mol. The number of hydrogen-bond acceptors (Lipinski definition) is 3. The van der Waals surface area contributed by atoms with Gasteiger partial charge in [-0.25, -0.2) is 0 Å². The third-order valence-corrected chi connectivity index (χ3v) is 5.14. The molecule has 0 spiro atoms. The first-order valence-electron chi connectivity index (χ1n) is 7.01. The highest BCUT2D eigenvalue weighted by Crippen LogP contribution is 2.29. The number of ketones is 1. The van der Waals surface area contributed by atoms with Crippen LogP contribution in [-0.2, 0) is 7.05 Å². The Hall–Kier alpha value is -1.95. The molecule has 122 valence electrons. The number of fused-ring (bicyclic) bond motifs is 1. The molecule has 2 aromatic carbocycles. The fraction of sp³-hybridized carbons (Fsp3) is 0.118. The van der Waals surface area contributed by atoms with Gasteiger partial charge >= 0.3 is 0 Å². The van der Waals surface area contributed by atoms with Crippen molar-refractivity contribution in [1.82, 2.24) is 4.57 Å². The van der Waals surface area contributed by atoms with E-state index < -0.39 is 0 Å². The number of carbonyl (C=O) groups excluding carboxylic acids is 2. The molecule has 1 aromatic heterocycles. The van der Waals surface area contributed by atoms with Gasteiger partial charge in [-0.15, -0.1) is 0 Å². The van der Waals surface area contributed by atoms with Crippen LogP contribution in [0, 0.1) is 0 Å². The fourth-order valence-electron chi connectivity index (χ4n) is 2.30. The first-order valence-corrected chi connectivity index (χ1v) is 8.58. The number of amides is 1. The van der Waals surface area contributed by atoms with Crippen molar-refractivity contribution in [3.63, 3.8) is 0 Å². The highest BCUT2D eigenvalue weighted by atomic mass is 35.5. The maximum absolute atomic E-state index is 12.4. The lowest BCUT2D eigenvalue weighted by Gasteiger charge is -1.99. The Morgan fingerprint density at radius 2 is 1.71 bits per heavy atom. The molecule has 7 heteroatoms. The van der Waals surface area contributed by atoms with Crippen LogP contribution in [0.15, 0.2) is 41.4 Å². The molecule has 0 unspecified atom stereocenters. The largest absolute Gasteiger partial charge is 0.318 e. The molecule has 0 radical (unpaired) electrons. The summed E-state index contributed by atoms with van der Waals surface area (Å²) in [5.74, 6) is -0.428. The molecule has 0 aliphatic rings. The van der Waals surface area contributed by atoms with E-state index in [1.54, 1.807) is 48.0 Å². The number of Topliss-reactive ketones (excluding diaryl/α,β-unsaturated/α-hetero) is 1. The maximum atomic E-state index is 12.4. The predicted molar refractivity (Wildman–Crippen MR) is 97.2 cm³/mol. The Balaban J connectivity index is 2.06. The van der Waals surface area contributed by atoms with Gasteiger partial charge in [-0.3, -0.25) is 9.59 Å². The molecule has 0 atom stereocenters. The lowest BCUT2D eigenvalue weighted by atomic mass is 10.1. The number of nitrogens with zero attached hydrogens (tertiary/aromatic N) is 2. The van der Waals surface area contributed by atoms with E-state index >= 15 is 0 Å². The molecule has 24 heavy (non-hydrogen) atoms. The summed E-state index contributed by atoms with van der Waals surface area (Å²) in [6, 6.07) is 9.88. The van der Waals surface area contributed by atoms with Gasteiger partial charge in [0.15, 0.2) is 10.6 Å². The van der Waals surface area contributed by atoms with Crippen LogP contribution < -0.4 is 4.80 Å². The van der Waals surface area contributed by atoms with E-state index in [0.29, 0.717) is 26.0 Å². The summed E-state index contributed by atoms with van der Waals surface area (Å²) in [5.41, 5.74) is 1.76. The van der Waals surface area contributed by atoms with Crippen LogP contribution in [0.25, 0.3) is 10.2 Å². The number of halogens is 2. The number of rotatable bonds is 2. The van der Waals surface area contributed by atoms with Crippen LogP contribution in [0.3, 0.4) is 0 Å². The highest BCUT2D eigenvalue weighted by Gasteiger charge is 2.11. The Morgan fingerprint density at radius 3 is 2.33 bits per heavy atom. The molecule has 0 saturated heterocycles. The summed E-state index contributed by atoms with van der Waals surface area (Å²) >= 11 is 13.6. The normalized spacial score (nSPS) is 11.9. The third-order valence-electron chi connectivity index (χ3n) is 3.55. The fourth-order valence-corrected chi connectivity index (χ4v) is 4.13. The molecule has 3 rings (SSSR count). The van der Waals surface area contributed by atoms with E-state index in [4.69, 9.17) is 23.2 Å². The molecular weight excluding hydrogens is 367 g/mol. The summed E-state index contributed by atoms with van der Waals surface area (Å²) in [4.78, 5) is 28.3. The highest BCUT2D eigenvalue weighted by molar-refractivity contribution is 7.16. The molecule has 0 saturated carbocycles. The molecule has 0 aliphatic carbocycles. The van der Waals surface area contributed by atoms with Crippen molar-refractivity contribution in [3.05, 3.63) is 62.4 Å². The average molecular weight is 379 g/mol. The summed E-state index contributed by atoms with van der Waals surface area (Å²) in [6.45, 7) is 1.48. The minimum atomic E-state index is -0.380. The van der Waals surface area contributed by atoms with Gasteiger partial charge in [0.2, 0.25) is 0 Å². The van der Waals surface area contributed by atoms with E-state index in [0.717, 1.165) is 10.2 Å². The second-order valence-electron chi connectivity index (χ2n) is 5.23. The van der Waals surface area contributed by atoms with Crippen molar-refractivity contribution >= 4 is 56.4 Å². The number of aromatic nitrogens is 1. The van der Waals surface area contributed by atoms with Crippen molar-refractivity contribution in [2.24, 2.45) is 12.0 Å². The zero-order valence-corrected chi connectivity index (χ0v) is 15.2. The van der Waals surface area contributed by atoms with Gasteiger partial charge in [0.05, 0.1) is 15.2 Å². The molecule has 1 heterocycles. The Bertz CT molecular complexity index is 1030. The van der Waals surface area contributed by atoms with Crippen LogP contribution in [-0.4, -0.2) is 16.3 Å². The topological polar surface area (TPSA) is 51.4 Å². The molecular formula is C17H12Cl2N2O2S. The van der Waals surface area contributed by atoms with Crippen molar-refractivity contribution in [1.29, 1.82) is 0 Å². The van der Waals surface area contributed by atoms with Gasteiger partial charge in [-0.05, 0) is 31.2 Å². The number of benzene rings is 2. The summed E-state index contributed by atoms with van der Waals surface area (Å²) in [7, 11) is 1.80. The van der Waals surface area contributed by atoms with Crippen molar-refractivity contribution in [2.45, 2.75) is 6.92 Å². The van der Waals surface area contributed by atoms with Gasteiger partial charge in [0.1, 0.15) is 0 Å². The van der Waals surface area contributed by atoms with Gasteiger partial charge in [-0.2, -0.15) is 4.99 Å². The molecule has 4 nitrogen and oxygen atoms in total. The van der Waals surface area contributed by atoms with Crippen LogP contribution >= 0.6 is 34.5 Å². The maximum Gasteiger partial charge on any atom is 0.279 e. The SMILES string of the molecule is CC(=O)c1ccc(C(=O)N=c2sc3cc(Cl)cc(Cl)c3n2C)cc1. The molecule has 1 amide bonds. The van der Waals surface area contributed by atoms with Crippen molar-refractivity contribution < 1.29 is 9.59 Å². The summed E-state index contributed by atoms with van der Waals surface area (Å²) < 4.78 is 2.62. The second-order valence-corrected chi connectivity index (χ2v) is 7.08. The summed E-state index contributed by atoms with van der Waals surface area (Å²) in [5, 5.41) is 1.04. The van der Waals surface area contributed by atoms with Gasteiger partial charge in [-0.1, -0.05) is 46.7 Å². The van der Waals surface area contributed by atoms with E-state index in [-0.39, 0.29) is 11.7 Å². The third kappa shape index (κ3) is 3.15. The van der Waals surface area contributed by atoms with Crippen LogP contribution in [0.2, 0.25) is 10.0 Å². The molecule has 0 fully saturated rings. The van der Waals surface area contributed by atoms with Gasteiger partial charge < -0.3 is 4.57 Å². The Morgan fingerprint density at radius 1 is 1.08 bits per heavy atom. The van der Waals surface area contributed by atoms with Crippen molar-refractivity contribution in [2.75, 3.05) is 0 Å². The van der Waals surface area contributed by atoms with E-state index in [1.165, 1.54) is 18.3 Å². The smallest absolute Gasteiger partial charge is 0.279 e. The lowest BCUT2D eigenvalue weighted by molar-refractivity contribution is 0.0991. The Labute approximate surface area is 152 Å². The number of thiazole rings is 1. The quantitative estimate of drug-likeness (QED) is 0.616. The minimum Gasteiger partial charge on any atom is -0.318 e. The molecule has 0 aliphatic heterocycles. The minimum absolute atomic E-state index is 0.0478. The zero-order valence-electron chi connectivity index (χ0n) is 12.8. The van der Waals surface area contributed by atoms with E-state index in [9.17, 15) is 9.59 Å². The van der Waals surface area contributed by atoms with E-state index in [2.05, 4.69) is 4.99 Å².